The second-order valence-electron chi connectivity index (χ2n) is 8.80. The van der Waals surface area contributed by atoms with Gasteiger partial charge in [-0.1, -0.05) is 30.3 Å². The Morgan fingerprint density at radius 1 is 1.12 bits per heavy atom. The molecule has 7 heteroatoms. The Balaban J connectivity index is 1.46. The van der Waals surface area contributed by atoms with Crippen LogP contribution in [-0.4, -0.2) is 26.9 Å². The van der Waals surface area contributed by atoms with E-state index in [0.29, 0.717) is 29.2 Å². The maximum absolute atomic E-state index is 14.0. The maximum atomic E-state index is 14.0. The Hall–Kier alpha value is -3.58. The summed E-state index contributed by atoms with van der Waals surface area (Å²) in [5.74, 6) is -1.19. The highest BCUT2D eigenvalue weighted by atomic mass is 19.1. The molecule has 0 amide bonds. The number of hydrogen-bond acceptors (Lipinski definition) is 4. The van der Waals surface area contributed by atoms with Crippen molar-refractivity contribution in [2.45, 2.75) is 38.2 Å². The number of carbonyl (C=O) groups excluding carboxylic acids is 1. The average Bonchev–Trinajstić information content (AvgIpc) is 3.37. The lowest BCUT2D eigenvalue weighted by Crippen LogP contribution is -2.31. The fourth-order valence-electron chi connectivity index (χ4n) is 4.98. The van der Waals surface area contributed by atoms with Gasteiger partial charge in [0.25, 0.3) is 0 Å². The van der Waals surface area contributed by atoms with Crippen LogP contribution in [0.15, 0.2) is 60.8 Å². The van der Waals surface area contributed by atoms with E-state index >= 15 is 0 Å². The molecule has 0 saturated heterocycles. The van der Waals surface area contributed by atoms with Gasteiger partial charge in [0.15, 0.2) is 17.2 Å². The number of carbonyl (C=O) groups is 1. The molecule has 5 nitrogen and oxygen atoms in total. The Labute approximate surface area is 195 Å². The van der Waals surface area contributed by atoms with E-state index < -0.39 is 17.0 Å². The number of nitrogens with zero attached hydrogens (tertiary/aromatic N) is 2. The fraction of sp³-hybridized carbons (Fsp3) is 0.259. The number of rotatable bonds is 7. The summed E-state index contributed by atoms with van der Waals surface area (Å²) in [5.41, 5.74) is 2.72. The van der Waals surface area contributed by atoms with Crippen molar-refractivity contribution < 1.29 is 23.4 Å². The van der Waals surface area contributed by atoms with Gasteiger partial charge in [-0.25, -0.2) is 13.8 Å². The van der Waals surface area contributed by atoms with Crippen LogP contribution in [0.25, 0.3) is 5.65 Å². The zero-order valence-corrected chi connectivity index (χ0v) is 18.7. The quantitative estimate of drug-likeness (QED) is 0.395. The van der Waals surface area contributed by atoms with Crippen molar-refractivity contribution in [3.63, 3.8) is 0 Å². The van der Waals surface area contributed by atoms with Crippen LogP contribution in [-0.2, 0) is 18.4 Å². The van der Waals surface area contributed by atoms with E-state index in [1.165, 1.54) is 18.2 Å². The summed E-state index contributed by atoms with van der Waals surface area (Å²) in [6.07, 6.45) is 3.39. The third-order valence-electron chi connectivity index (χ3n) is 6.75. The van der Waals surface area contributed by atoms with Crippen molar-refractivity contribution in [3.8, 4) is 5.75 Å². The Kier molecular flexibility index (Phi) is 5.65. The molecule has 1 aliphatic rings. The summed E-state index contributed by atoms with van der Waals surface area (Å²) in [4.78, 5) is 18.1. The molecule has 0 fully saturated rings. The summed E-state index contributed by atoms with van der Waals surface area (Å²) in [6.45, 7) is 1.32. The van der Waals surface area contributed by atoms with Crippen molar-refractivity contribution in [1.29, 1.82) is 0 Å². The van der Waals surface area contributed by atoms with Crippen molar-refractivity contribution in [2.24, 2.45) is 0 Å². The molecule has 2 aromatic carbocycles. The Bertz CT molecular complexity index is 1380. The van der Waals surface area contributed by atoms with Gasteiger partial charge < -0.3 is 9.84 Å². The summed E-state index contributed by atoms with van der Waals surface area (Å²) in [5, 5.41) is 10.3. The third kappa shape index (κ3) is 3.66. The van der Waals surface area contributed by atoms with E-state index in [0.717, 1.165) is 17.5 Å². The first kappa shape index (κ1) is 22.2. The minimum Gasteiger partial charge on any atom is -0.485 e. The topological polar surface area (TPSA) is 63.8 Å². The standard InChI is InChI=1S/C27H24F2N2O3/c1-17-25(23(33)14-27(16-32)12-11-18-6-2-3-7-20(18)27)31-13-5-10-24(26(31)30-17)34-15-19-21(28)8-4-9-22(19)29/h2-10,13,32H,11-12,14-16H2,1H3. The maximum Gasteiger partial charge on any atom is 0.182 e. The molecular weight excluding hydrogens is 438 g/mol. The van der Waals surface area contributed by atoms with Gasteiger partial charge in [-0.15, -0.1) is 0 Å². The number of hydrogen-bond donors (Lipinski definition) is 1. The van der Waals surface area contributed by atoms with Gasteiger partial charge in [0.1, 0.15) is 23.9 Å². The third-order valence-corrected chi connectivity index (χ3v) is 6.75. The van der Waals surface area contributed by atoms with Crippen molar-refractivity contribution in [2.75, 3.05) is 6.61 Å². The van der Waals surface area contributed by atoms with Crippen LogP contribution in [0, 0.1) is 18.6 Å². The van der Waals surface area contributed by atoms with Crippen LogP contribution in [0.1, 0.15) is 45.7 Å². The molecule has 1 N–H and O–H groups in total. The van der Waals surface area contributed by atoms with Gasteiger partial charge in [-0.3, -0.25) is 9.20 Å². The minimum atomic E-state index is -0.687. The predicted molar refractivity (Wildman–Crippen MR) is 123 cm³/mol. The van der Waals surface area contributed by atoms with Crippen molar-refractivity contribution in [1.82, 2.24) is 9.38 Å². The number of pyridine rings is 1. The molecule has 2 heterocycles. The van der Waals surface area contributed by atoms with Crippen LogP contribution in [0.5, 0.6) is 5.75 Å². The first-order valence-corrected chi connectivity index (χ1v) is 11.2. The molecule has 1 aliphatic carbocycles. The van der Waals surface area contributed by atoms with E-state index in [9.17, 15) is 18.7 Å². The number of aliphatic hydroxyl groups excluding tert-OH is 1. The molecule has 0 radical (unpaired) electrons. The number of imidazole rings is 1. The SMILES string of the molecule is Cc1nc2c(OCc3c(F)cccc3F)cccn2c1C(=O)CC1(CO)CCc2ccccc21. The largest absolute Gasteiger partial charge is 0.485 e. The van der Waals surface area contributed by atoms with E-state index in [-0.39, 0.29) is 31.0 Å². The number of ketones is 1. The van der Waals surface area contributed by atoms with Gasteiger partial charge in [0.05, 0.1) is 17.9 Å². The first-order valence-electron chi connectivity index (χ1n) is 11.2. The van der Waals surface area contributed by atoms with Crippen LogP contribution < -0.4 is 4.74 Å². The monoisotopic (exact) mass is 462 g/mol. The molecule has 0 bridgehead atoms. The number of Topliss-reactive ketones (excluding diaryl/α,β-unsaturated/α-hetero) is 1. The Morgan fingerprint density at radius 2 is 1.88 bits per heavy atom. The molecule has 1 atom stereocenters. The van der Waals surface area contributed by atoms with Crippen LogP contribution >= 0.6 is 0 Å². The normalized spacial score (nSPS) is 17.2. The first-order chi connectivity index (χ1) is 16.4. The zero-order valence-electron chi connectivity index (χ0n) is 18.7. The van der Waals surface area contributed by atoms with E-state index in [1.807, 2.05) is 24.3 Å². The molecular formula is C27H24F2N2O3. The number of ether oxygens (including phenoxy) is 1. The lowest BCUT2D eigenvalue weighted by atomic mass is 9.77. The van der Waals surface area contributed by atoms with Crippen LogP contribution in [0.3, 0.4) is 0 Å². The summed E-state index contributed by atoms with van der Waals surface area (Å²) in [7, 11) is 0. The molecule has 174 valence electrons. The molecule has 5 rings (SSSR count). The van der Waals surface area contributed by atoms with Gasteiger partial charge in [-0.2, -0.15) is 0 Å². The van der Waals surface area contributed by atoms with E-state index in [2.05, 4.69) is 4.98 Å². The number of fused-ring (bicyclic) bond motifs is 2. The average molecular weight is 462 g/mol. The number of benzene rings is 2. The van der Waals surface area contributed by atoms with Gasteiger partial charge in [0, 0.05) is 18.0 Å². The van der Waals surface area contributed by atoms with Gasteiger partial charge in [0.2, 0.25) is 0 Å². The summed E-state index contributed by atoms with van der Waals surface area (Å²) >= 11 is 0. The van der Waals surface area contributed by atoms with Crippen molar-refractivity contribution in [3.05, 3.63) is 101 Å². The lowest BCUT2D eigenvalue weighted by molar-refractivity contribution is 0.0900. The molecule has 0 aliphatic heterocycles. The number of aliphatic hydroxyl groups is 1. The molecule has 34 heavy (non-hydrogen) atoms. The second-order valence-corrected chi connectivity index (χ2v) is 8.80. The predicted octanol–water partition coefficient (Wildman–Crippen LogP) is 4.95. The fourth-order valence-corrected chi connectivity index (χ4v) is 4.98. The van der Waals surface area contributed by atoms with Crippen LogP contribution in [0.4, 0.5) is 8.78 Å². The second kappa shape index (κ2) is 8.65. The smallest absolute Gasteiger partial charge is 0.182 e. The molecule has 2 aromatic heterocycles. The minimum absolute atomic E-state index is 0.117. The number of aromatic nitrogens is 2. The van der Waals surface area contributed by atoms with Gasteiger partial charge >= 0.3 is 0 Å². The van der Waals surface area contributed by atoms with Crippen molar-refractivity contribution >= 4 is 11.4 Å². The number of aryl methyl sites for hydroxylation is 2. The lowest BCUT2D eigenvalue weighted by Gasteiger charge is -2.27. The molecule has 0 spiro atoms. The molecule has 0 saturated carbocycles. The molecule has 1 unspecified atom stereocenters. The zero-order chi connectivity index (χ0) is 23.9. The van der Waals surface area contributed by atoms with Crippen LogP contribution in [0.2, 0.25) is 0 Å². The molecule has 4 aromatic rings. The van der Waals surface area contributed by atoms with E-state index in [1.54, 1.807) is 29.7 Å². The Morgan fingerprint density at radius 3 is 2.65 bits per heavy atom. The highest BCUT2D eigenvalue weighted by Gasteiger charge is 2.40. The van der Waals surface area contributed by atoms with E-state index in [4.69, 9.17) is 4.74 Å². The number of halogens is 2. The summed E-state index contributed by atoms with van der Waals surface area (Å²) < 4.78 is 35.4. The summed E-state index contributed by atoms with van der Waals surface area (Å²) in [6, 6.07) is 14.9. The highest BCUT2D eigenvalue weighted by Crippen LogP contribution is 2.42. The highest BCUT2D eigenvalue weighted by molar-refractivity contribution is 5.97. The van der Waals surface area contributed by atoms with Gasteiger partial charge in [-0.05, 0) is 55.2 Å².